The summed E-state index contributed by atoms with van der Waals surface area (Å²) in [6.07, 6.45) is -1.12. The summed E-state index contributed by atoms with van der Waals surface area (Å²) in [6.45, 7) is 6.51. The summed E-state index contributed by atoms with van der Waals surface area (Å²) in [6, 6.07) is 9.01. The number of carbonyl (C=O) groups excluding carboxylic acids is 2. The van der Waals surface area contributed by atoms with E-state index < -0.39 is 29.2 Å². The van der Waals surface area contributed by atoms with Crippen LogP contribution in [0, 0.1) is 0 Å². The number of carboxylic acid groups (broad SMARTS) is 1. The third-order valence-corrected chi connectivity index (χ3v) is 3.31. The van der Waals surface area contributed by atoms with E-state index in [1.54, 1.807) is 45.0 Å². The summed E-state index contributed by atoms with van der Waals surface area (Å²) in [7, 11) is 0. The zero-order chi connectivity index (χ0) is 19.1. The maximum Gasteiger partial charge on any atom is 0.408 e. The van der Waals surface area contributed by atoms with Gasteiger partial charge in [0, 0.05) is 6.42 Å². The topological polar surface area (TPSA) is 102 Å². The first-order chi connectivity index (χ1) is 11.5. The van der Waals surface area contributed by atoms with E-state index in [9.17, 15) is 19.5 Å². The molecule has 0 bridgehead atoms. The molecule has 1 rings (SSSR count). The summed E-state index contributed by atoms with van der Waals surface area (Å²) in [4.78, 5) is 35.2. The Morgan fingerprint density at radius 2 is 1.68 bits per heavy atom. The van der Waals surface area contributed by atoms with Crippen LogP contribution in [0.25, 0.3) is 0 Å². The molecule has 0 aromatic heterocycles. The van der Waals surface area contributed by atoms with Gasteiger partial charge in [-0.15, -0.1) is 0 Å². The molecule has 7 heteroatoms. The predicted octanol–water partition coefficient (Wildman–Crippen LogP) is 2.88. The standard InChI is InChI=1S/C18H25NO6/c1-17(2,3)25-14(20)10-11-18(4,15(21)22)19-16(23)24-12-13-8-6-5-7-9-13/h5-9H,10-12H2,1-4H3,(H,19,23)(H,21,22)/t18-/m0/s1. The first kappa shape index (κ1) is 20.5. The van der Waals surface area contributed by atoms with Gasteiger partial charge in [-0.25, -0.2) is 9.59 Å². The van der Waals surface area contributed by atoms with Crippen LogP contribution in [0.3, 0.4) is 0 Å². The van der Waals surface area contributed by atoms with E-state index in [0.717, 1.165) is 5.56 Å². The van der Waals surface area contributed by atoms with E-state index in [4.69, 9.17) is 9.47 Å². The lowest BCUT2D eigenvalue weighted by atomic mass is 9.96. The smallest absolute Gasteiger partial charge is 0.408 e. The van der Waals surface area contributed by atoms with Gasteiger partial charge in [0.15, 0.2) is 0 Å². The van der Waals surface area contributed by atoms with Crippen molar-refractivity contribution in [2.24, 2.45) is 0 Å². The fourth-order valence-corrected chi connectivity index (χ4v) is 1.95. The lowest BCUT2D eigenvalue weighted by molar-refractivity contribution is -0.155. The highest BCUT2D eigenvalue weighted by atomic mass is 16.6. The molecule has 0 saturated carbocycles. The van der Waals surface area contributed by atoms with Crippen molar-refractivity contribution >= 4 is 18.0 Å². The van der Waals surface area contributed by atoms with Crippen LogP contribution in [0.5, 0.6) is 0 Å². The Balaban J connectivity index is 2.57. The van der Waals surface area contributed by atoms with E-state index in [1.807, 2.05) is 6.07 Å². The van der Waals surface area contributed by atoms with Gasteiger partial charge in [0.05, 0.1) is 0 Å². The maximum absolute atomic E-state index is 11.9. The number of hydrogen-bond donors (Lipinski definition) is 2. The molecule has 0 aliphatic carbocycles. The highest BCUT2D eigenvalue weighted by Crippen LogP contribution is 2.16. The Labute approximate surface area is 147 Å². The minimum absolute atomic E-state index is 0.0223. The van der Waals surface area contributed by atoms with Gasteiger partial charge in [-0.3, -0.25) is 4.79 Å². The molecule has 7 nitrogen and oxygen atoms in total. The SMILES string of the molecule is CC(C)(C)OC(=O)CC[C@](C)(NC(=O)OCc1ccccc1)C(=O)O. The fraction of sp³-hybridized carbons (Fsp3) is 0.500. The predicted molar refractivity (Wildman–Crippen MR) is 90.9 cm³/mol. The Kier molecular flexibility index (Phi) is 6.97. The number of benzene rings is 1. The number of aliphatic carboxylic acids is 1. The van der Waals surface area contributed by atoms with Gasteiger partial charge in [0.25, 0.3) is 0 Å². The zero-order valence-electron chi connectivity index (χ0n) is 15.0. The highest BCUT2D eigenvalue weighted by molar-refractivity contribution is 5.84. The number of amides is 1. The summed E-state index contributed by atoms with van der Waals surface area (Å²) in [5.74, 6) is -1.79. The second-order valence-electron chi connectivity index (χ2n) is 6.91. The van der Waals surface area contributed by atoms with Crippen LogP contribution in [0.4, 0.5) is 4.79 Å². The molecule has 1 aromatic carbocycles. The molecule has 0 spiro atoms. The quantitative estimate of drug-likeness (QED) is 0.732. The van der Waals surface area contributed by atoms with Gasteiger partial charge >= 0.3 is 18.0 Å². The Hall–Kier alpha value is -2.57. The number of ether oxygens (including phenoxy) is 2. The van der Waals surface area contributed by atoms with E-state index in [-0.39, 0.29) is 19.4 Å². The van der Waals surface area contributed by atoms with Crippen molar-refractivity contribution in [2.45, 2.75) is 58.3 Å². The molecule has 2 N–H and O–H groups in total. The molecule has 0 saturated heterocycles. The number of carbonyl (C=O) groups is 3. The van der Waals surface area contributed by atoms with Crippen LogP contribution in [-0.2, 0) is 25.7 Å². The minimum Gasteiger partial charge on any atom is -0.480 e. The third kappa shape index (κ3) is 7.69. The van der Waals surface area contributed by atoms with Crippen molar-refractivity contribution < 1.29 is 29.0 Å². The van der Waals surface area contributed by atoms with Gasteiger partial charge in [-0.05, 0) is 39.7 Å². The van der Waals surface area contributed by atoms with Crippen LogP contribution in [0.15, 0.2) is 30.3 Å². The normalized spacial score (nSPS) is 13.4. The summed E-state index contributed by atoms with van der Waals surface area (Å²) in [5, 5.41) is 11.7. The zero-order valence-corrected chi connectivity index (χ0v) is 15.0. The van der Waals surface area contributed by atoms with Gasteiger partial charge < -0.3 is 19.9 Å². The van der Waals surface area contributed by atoms with Crippen LogP contribution in [-0.4, -0.2) is 34.3 Å². The number of rotatable bonds is 7. The fourth-order valence-electron chi connectivity index (χ4n) is 1.95. The van der Waals surface area contributed by atoms with Crippen LogP contribution >= 0.6 is 0 Å². The van der Waals surface area contributed by atoms with Crippen LogP contribution in [0.2, 0.25) is 0 Å². The van der Waals surface area contributed by atoms with E-state index in [2.05, 4.69) is 5.32 Å². The van der Waals surface area contributed by atoms with Crippen molar-refractivity contribution in [2.75, 3.05) is 0 Å². The third-order valence-electron chi connectivity index (χ3n) is 3.31. The summed E-state index contributed by atoms with van der Waals surface area (Å²) in [5.41, 5.74) is -1.51. The van der Waals surface area contributed by atoms with E-state index in [1.165, 1.54) is 6.92 Å². The summed E-state index contributed by atoms with van der Waals surface area (Å²) < 4.78 is 10.2. The number of carboxylic acids is 1. The van der Waals surface area contributed by atoms with Gasteiger partial charge in [0.2, 0.25) is 0 Å². The summed E-state index contributed by atoms with van der Waals surface area (Å²) >= 11 is 0. The van der Waals surface area contributed by atoms with Crippen molar-refractivity contribution in [1.29, 1.82) is 0 Å². The molecule has 1 aromatic rings. The number of nitrogens with one attached hydrogen (secondary N) is 1. The molecule has 0 heterocycles. The molecule has 1 atom stereocenters. The average Bonchev–Trinajstić information content (AvgIpc) is 2.50. The number of hydrogen-bond acceptors (Lipinski definition) is 5. The molecular weight excluding hydrogens is 326 g/mol. The van der Waals surface area contributed by atoms with Crippen molar-refractivity contribution in [3.63, 3.8) is 0 Å². The molecule has 138 valence electrons. The van der Waals surface area contributed by atoms with Gasteiger partial charge in [-0.2, -0.15) is 0 Å². The largest absolute Gasteiger partial charge is 0.480 e. The second-order valence-corrected chi connectivity index (χ2v) is 6.91. The average molecular weight is 351 g/mol. The monoisotopic (exact) mass is 351 g/mol. The Morgan fingerprint density at radius 3 is 2.20 bits per heavy atom. The molecule has 0 unspecified atom stereocenters. The first-order valence-electron chi connectivity index (χ1n) is 7.96. The highest BCUT2D eigenvalue weighted by Gasteiger charge is 2.36. The van der Waals surface area contributed by atoms with Crippen molar-refractivity contribution in [3.8, 4) is 0 Å². The van der Waals surface area contributed by atoms with Gasteiger partial charge in [0.1, 0.15) is 17.7 Å². The van der Waals surface area contributed by atoms with E-state index in [0.29, 0.717) is 0 Å². The lowest BCUT2D eigenvalue weighted by Gasteiger charge is -2.26. The lowest BCUT2D eigenvalue weighted by Crippen LogP contribution is -2.52. The van der Waals surface area contributed by atoms with Crippen LogP contribution in [0.1, 0.15) is 46.1 Å². The van der Waals surface area contributed by atoms with Crippen LogP contribution < -0.4 is 5.32 Å². The molecule has 0 fully saturated rings. The molecule has 25 heavy (non-hydrogen) atoms. The molecule has 0 aliphatic heterocycles. The second kappa shape index (κ2) is 8.50. The molecule has 0 aliphatic rings. The first-order valence-corrected chi connectivity index (χ1v) is 7.96. The number of esters is 1. The van der Waals surface area contributed by atoms with Crippen molar-refractivity contribution in [1.82, 2.24) is 5.32 Å². The molecule has 1 amide bonds. The Bertz CT molecular complexity index is 608. The minimum atomic E-state index is -1.63. The molecular formula is C18H25NO6. The maximum atomic E-state index is 11.9. The number of alkyl carbamates (subject to hydrolysis) is 1. The van der Waals surface area contributed by atoms with E-state index >= 15 is 0 Å². The van der Waals surface area contributed by atoms with Gasteiger partial charge in [-0.1, -0.05) is 30.3 Å². The Morgan fingerprint density at radius 1 is 1.08 bits per heavy atom. The van der Waals surface area contributed by atoms with Crippen molar-refractivity contribution in [3.05, 3.63) is 35.9 Å². The molecule has 0 radical (unpaired) electrons.